The number of hydrogen-bond donors (Lipinski definition) is 0. The molecule has 0 bridgehead atoms. The minimum atomic E-state index is -6.30. The number of alkyl halides is 5. The van der Waals surface area contributed by atoms with Gasteiger partial charge in [0.05, 0.1) is 0 Å². The van der Waals surface area contributed by atoms with Crippen LogP contribution in [0.4, 0.5) is 22.0 Å². The average molecular weight is 649 g/mol. The van der Waals surface area contributed by atoms with E-state index >= 15 is 0 Å². The van der Waals surface area contributed by atoms with E-state index in [-0.39, 0.29) is 0 Å². The predicted molar refractivity (Wildman–Crippen MR) is 146 cm³/mol. The first kappa shape index (κ1) is 28.8. The Morgan fingerprint density at radius 3 is 0.949 bits per heavy atom. The average Bonchev–Trinajstić information content (AvgIpc) is 2.88. The summed E-state index contributed by atoms with van der Waals surface area (Å²) >= 11 is -6.30. The van der Waals surface area contributed by atoms with E-state index < -0.39 is 35.9 Å². The summed E-state index contributed by atoms with van der Waals surface area (Å²) in [5.74, 6) is -8.36. The molecule has 0 atom stereocenters. The topological polar surface area (TPSA) is 26.3 Å². The molecule has 4 rings (SSSR count). The molecule has 4 aromatic rings. The number of halogens is 5. The monoisotopic (exact) mass is 648 g/mol. The standard InChI is InChI=1S/4C7H7.C3HF5O2.Sb/c4*1-7-5-3-2-4-6-7;4-2(5,1(9)10)3(6,7)8;/h4*3-6H,1H3;(H,9,10);/q;;;;;+1/p-1. The molecule has 39 heavy (non-hydrogen) atoms. The maximum absolute atomic E-state index is 14.8. The van der Waals surface area contributed by atoms with Crippen LogP contribution in [0, 0.1) is 27.7 Å². The Hall–Kier alpha value is -3.18. The first-order chi connectivity index (χ1) is 18.2. The van der Waals surface area contributed by atoms with E-state index in [1.54, 1.807) is 97.1 Å². The second-order valence-electron chi connectivity index (χ2n) is 9.83. The van der Waals surface area contributed by atoms with Crippen molar-refractivity contribution in [2.75, 3.05) is 0 Å². The molecule has 0 heterocycles. The van der Waals surface area contributed by atoms with E-state index in [1.807, 2.05) is 27.7 Å². The summed E-state index contributed by atoms with van der Waals surface area (Å²) in [7, 11) is 0. The van der Waals surface area contributed by atoms with Crippen molar-refractivity contribution in [2.45, 2.75) is 39.8 Å². The molecule has 0 fully saturated rings. The summed E-state index contributed by atoms with van der Waals surface area (Å²) in [6.45, 7) is 7.33. The van der Waals surface area contributed by atoms with Crippen molar-refractivity contribution < 1.29 is 29.8 Å². The van der Waals surface area contributed by atoms with Gasteiger partial charge in [0.2, 0.25) is 0 Å². The molecule has 204 valence electrons. The van der Waals surface area contributed by atoms with Gasteiger partial charge >= 0.3 is 227 Å². The zero-order valence-corrected chi connectivity index (χ0v) is 24.4. The third-order valence-corrected chi connectivity index (χ3v) is 23.2. The van der Waals surface area contributed by atoms with Crippen molar-refractivity contribution in [1.82, 2.24) is 0 Å². The fourth-order valence-electron chi connectivity index (χ4n) is 4.76. The molecule has 0 radical (unpaired) electrons. The molecule has 4 aromatic carbocycles. The van der Waals surface area contributed by atoms with E-state index in [1.165, 1.54) is 0 Å². The second-order valence-corrected chi connectivity index (χ2v) is 22.2. The number of carbonyl (C=O) groups excluding carboxylic acids is 1. The molecule has 0 aromatic heterocycles. The molecule has 0 aliphatic rings. The van der Waals surface area contributed by atoms with Gasteiger partial charge in [0, 0.05) is 0 Å². The number of benzene rings is 4. The zero-order chi connectivity index (χ0) is 28.7. The Morgan fingerprint density at radius 1 is 0.513 bits per heavy atom. The fourth-order valence-corrected chi connectivity index (χ4v) is 20.5. The van der Waals surface area contributed by atoms with Crippen molar-refractivity contribution in [3.63, 3.8) is 0 Å². The van der Waals surface area contributed by atoms with Crippen LogP contribution in [-0.2, 0) is 7.81 Å². The van der Waals surface area contributed by atoms with Gasteiger partial charge in [-0.2, -0.15) is 0 Å². The SMILES string of the molecule is Cc1cc[c]([Sb]([O]C(=O)C(F)(F)C(F)(F)F)([c]2ccc(C)cc2)([c]2ccc(C)cc2)[c]2ccc(C)cc2)cc1. The van der Waals surface area contributed by atoms with Crippen LogP contribution >= 0.6 is 0 Å². The summed E-state index contributed by atoms with van der Waals surface area (Å²) in [5.41, 5.74) is 3.38. The van der Waals surface area contributed by atoms with Gasteiger partial charge in [0.25, 0.3) is 0 Å². The van der Waals surface area contributed by atoms with E-state index in [0.29, 0.717) is 14.0 Å². The van der Waals surface area contributed by atoms with E-state index in [4.69, 9.17) is 3.02 Å². The van der Waals surface area contributed by atoms with Gasteiger partial charge in [-0.05, 0) is 0 Å². The first-order valence-corrected chi connectivity index (χ1v) is 18.4. The molecule has 0 amide bonds. The van der Waals surface area contributed by atoms with Gasteiger partial charge in [-0.25, -0.2) is 0 Å². The van der Waals surface area contributed by atoms with Gasteiger partial charge in [-0.3, -0.25) is 0 Å². The quantitative estimate of drug-likeness (QED) is 0.204. The summed E-state index contributed by atoms with van der Waals surface area (Å²) in [6.07, 6.45) is -6.14. The van der Waals surface area contributed by atoms with E-state index in [0.717, 1.165) is 22.3 Å². The van der Waals surface area contributed by atoms with Crippen LogP contribution in [0.1, 0.15) is 22.3 Å². The van der Waals surface area contributed by atoms with Crippen LogP contribution in [0.5, 0.6) is 0 Å². The fraction of sp³-hybridized carbons (Fsp3) is 0.194. The van der Waals surface area contributed by atoms with Gasteiger partial charge in [0.1, 0.15) is 0 Å². The van der Waals surface area contributed by atoms with Crippen molar-refractivity contribution in [3.8, 4) is 0 Å². The van der Waals surface area contributed by atoms with Gasteiger partial charge in [-0.1, -0.05) is 0 Å². The van der Waals surface area contributed by atoms with Crippen molar-refractivity contribution in [2.24, 2.45) is 0 Å². The molecule has 8 heteroatoms. The summed E-state index contributed by atoms with van der Waals surface area (Å²) in [6, 6.07) is 27.4. The maximum atomic E-state index is 14.8. The number of aryl methyl sites for hydroxylation is 4. The molecule has 0 saturated carbocycles. The molecule has 0 N–H and O–H groups in total. The molecular weight excluding hydrogens is 621 g/mol. The summed E-state index contributed by atoms with van der Waals surface area (Å²) in [4.78, 5) is 13.3. The molecule has 0 unspecified atom stereocenters. The molecule has 0 saturated heterocycles. The normalized spacial score (nSPS) is 13.4. The van der Waals surface area contributed by atoms with Crippen molar-refractivity contribution in [1.29, 1.82) is 0 Å². The molecule has 0 spiro atoms. The second kappa shape index (κ2) is 10.1. The molecule has 0 aliphatic heterocycles. The van der Waals surface area contributed by atoms with Gasteiger partial charge in [0.15, 0.2) is 0 Å². The van der Waals surface area contributed by atoms with Crippen molar-refractivity contribution in [3.05, 3.63) is 119 Å². The summed E-state index contributed by atoms with van der Waals surface area (Å²) in [5, 5.41) is 0. The first-order valence-electron chi connectivity index (χ1n) is 12.2. The number of carbonyl (C=O) groups is 1. The minimum absolute atomic E-state index is 0.385. The van der Waals surface area contributed by atoms with Crippen LogP contribution in [0.25, 0.3) is 0 Å². The van der Waals surface area contributed by atoms with Crippen LogP contribution in [0.2, 0.25) is 0 Å². The van der Waals surface area contributed by atoms with E-state index in [9.17, 15) is 26.7 Å². The van der Waals surface area contributed by atoms with Gasteiger partial charge < -0.3 is 0 Å². The molecular formula is C31H28F5O2Sb. The van der Waals surface area contributed by atoms with Crippen LogP contribution in [-0.4, -0.2) is 35.9 Å². The third kappa shape index (κ3) is 4.65. The predicted octanol–water partition coefficient (Wildman–Crippen LogP) is 5.49. The van der Waals surface area contributed by atoms with E-state index in [2.05, 4.69) is 0 Å². The van der Waals surface area contributed by atoms with Crippen LogP contribution in [0.3, 0.4) is 0 Å². The Balaban J connectivity index is 2.29. The Bertz CT molecular complexity index is 1280. The molecule has 2 nitrogen and oxygen atoms in total. The Morgan fingerprint density at radius 2 is 0.744 bits per heavy atom. The number of rotatable bonds is 6. The summed E-state index contributed by atoms with van der Waals surface area (Å²) < 4.78 is 77.8. The third-order valence-electron chi connectivity index (χ3n) is 6.98. The Labute approximate surface area is 226 Å². The van der Waals surface area contributed by atoms with Crippen LogP contribution in [0.15, 0.2) is 97.1 Å². The van der Waals surface area contributed by atoms with Gasteiger partial charge in [-0.15, -0.1) is 0 Å². The zero-order valence-electron chi connectivity index (χ0n) is 21.9. The Kier molecular flexibility index (Phi) is 7.46. The van der Waals surface area contributed by atoms with Crippen molar-refractivity contribution >= 4 is 37.8 Å². The molecule has 0 aliphatic carbocycles. The number of hydrogen-bond acceptors (Lipinski definition) is 2. The van der Waals surface area contributed by atoms with Crippen LogP contribution < -0.4 is 14.0 Å².